The van der Waals surface area contributed by atoms with Gasteiger partial charge in [-0.3, -0.25) is 19.7 Å². The molecule has 0 saturated heterocycles. The Bertz CT molecular complexity index is 594. The monoisotopic (exact) mass is 376 g/mol. The van der Waals surface area contributed by atoms with Gasteiger partial charge in [-0.05, 0) is 24.2 Å². The largest absolute Gasteiger partial charge is 0.450 e. The molecule has 0 aliphatic carbocycles. The van der Waals surface area contributed by atoms with Gasteiger partial charge in [0.15, 0.2) is 0 Å². The third kappa shape index (κ3) is 8.69. The van der Waals surface area contributed by atoms with E-state index >= 15 is 0 Å². The van der Waals surface area contributed by atoms with E-state index in [0.29, 0.717) is 6.42 Å². The fraction of sp³-hybridized carbons (Fsp3) is 0.438. The number of ketones is 1. The lowest BCUT2D eigenvalue weighted by molar-refractivity contribution is -0.167. The Hall–Kier alpha value is -1.87. The van der Waals surface area contributed by atoms with Crippen LogP contribution in [0.2, 0.25) is 0 Å². The van der Waals surface area contributed by atoms with Crippen LogP contribution >= 0.6 is 11.8 Å². The fourth-order valence-corrected chi connectivity index (χ4v) is 2.70. The van der Waals surface area contributed by atoms with E-state index in [1.807, 2.05) is 6.07 Å². The van der Waals surface area contributed by atoms with Crippen LogP contribution in [0.3, 0.4) is 0 Å². The van der Waals surface area contributed by atoms with Crippen LogP contribution in [0.15, 0.2) is 30.3 Å². The molecule has 0 saturated carbocycles. The van der Waals surface area contributed by atoms with Crippen LogP contribution in [-0.4, -0.2) is 41.3 Å². The third-order valence-electron chi connectivity index (χ3n) is 3.16. The van der Waals surface area contributed by atoms with Crippen molar-refractivity contribution in [3.05, 3.63) is 35.9 Å². The second-order valence-electron chi connectivity index (χ2n) is 5.30. The minimum atomic E-state index is -4.82. The van der Waals surface area contributed by atoms with Gasteiger partial charge in [-0.25, -0.2) is 0 Å². The van der Waals surface area contributed by atoms with Gasteiger partial charge < -0.3 is 5.73 Å². The van der Waals surface area contributed by atoms with Gasteiger partial charge in [0.05, 0.1) is 18.2 Å². The Morgan fingerprint density at radius 2 is 1.80 bits per heavy atom. The summed E-state index contributed by atoms with van der Waals surface area (Å²) in [6.45, 7) is 0. The summed E-state index contributed by atoms with van der Waals surface area (Å²) in [5.41, 5.74) is 6.41. The molecule has 2 amide bonds. The van der Waals surface area contributed by atoms with Crippen LogP contribution < -0.4 is 11.1 Å². The molecule has 0 aliphatic rings. The number of imide groups is 1. The van der Waals surface area contributed by atoms with E-state index in [2.05, 4.69) is 5.32 Å². The number of hydrogen-bond acceptors (Lipinski definition) is 5. The predicted octanol–water partition coefficient (Wildman–Crippen LogP) is 1.84. The van der Waals surface area contributed by atoms with Crippen molar-refractivity contribution in [3.8, 4) is 0 Å². The quantitative estimate of drug-likeness (QED) is 0.642. The lowest BCUT2D eigenvalue weighted by Gasteiger charge is -2.11. The lowest BCUT2D eigenvalue weighted by Crippen LogP contribution is -2.44. The average Bonchev–Trinajstić information content (AvgIpc) is 2.53. The van der Waals surface area contributed by atoms with Gasteiger partial charge >= 0.3 is 6.18 Å². The summed E-state index contributed by atoms with van der Waals surface area (Å²) in [6.07, 6.45) is -4.20. The number of Topliss-reactive ketones (excluding diaryl/α,β-unsaturated/α-hetero) is 1. The number of nitrogens with two attached hydrogens (primary N) is 1. The van der Waals surface area contributed by atoms with E-state index in [1.165, 1.54) is 0 Å². The maximum Gasteiger partial charge on any atom is 0.450 e. The SMILES string of the molecule is N[C@@H](CCCSCC(=O)C(F)(F)F)C(=O)NC(=O)Cc1ccccc1. The molecular weight excluding hydrogens is 357 g/mol. The van der Waals surface area contributed by atoms with E-state index in [4.69, 9.17) is 5.73 Å². The van der Waals surface area contributed by atoms with Crippen molar-refractivity contribution in [1.29, 1.82) is 0 Å². The molecular formula is C16H19F3N2O3S. The molecule has 0 fully saturated rings. The highest BCUT2D eigenvalue weighted by Gasteiger charge is 2.37. The van der Waals surface area contributed by atoms with Crippen LogP contribution in [0, 0.1) is 0 Å². The molecule has 0 bridgehead atoms. The summed E-state index contributed by atoms with van der Waals surface area (Å²) in [6, 6.07) is 7.93. The molecule has 1 atom stereocenters. The molecule has 0 heterocycles. The number of thioether (sulfide) groups is 1. The van der Waals surface area contributed by atoms with E-state index < -0.39 is 35.6 Å². The summed E-state index contributed by atoms with van der Waals surface area (Å²) < 4.78 is 36.0. The number of carbonyl (C=O) groups is 3. The molecule has 0 spiro atoms. The maximum absolute atomic E-state index is 12.0. The number of alkyl halides is 3. The molecule has 3 N–H and O–H groups in total. The molecule has 5 nitrogen and oxygen atoms in total. The van der Waals surface area contributed by atoms with Crippen molar-refractivity contribution in [2.75, 3.05) is 11.5 Å². The van der Waals surface area contributed by atoms with Crippen molar-refractivity contribution < 1.29 is 27.6 Å². The van der Waals surface area contributed by atoms with Gasteiger partial charge in [0.2, 0.25) is 17.6 Å². The molecule has 0 radical (unpaired) electrons. The fourth-order valence-electron chi connectivity index (χ4n) is 1.84. The second kappa shape index (κ2) is 10.2. The van der Waals surface area contributed by atoms with Gasteiger partial charge in [0, 0.05) is 0 Å². The number of hydrogen-bond donors (Lipinski definition) is 2. The Morgan fingerprint density at radius 3 is 2.40 bits per heavy atom. The highest BCUT2D eigenvalue weighted by molar-refractivity contribution is 7.99. The minimum absolute atomic E-state index is 0.0503. The summed E-state index contributed by atoms with van der Waals surface area (Å²) in [5, 5.41) is 2.19. The molecule has 1 aromatic rings. The van der Waals surface area contributed by atoms with Gasteiger partial charge in [-0.2, -0.15) is 24.9 Å². The summed E-state index contributed by atoms with van der Waals surface area (Å²) >= 11 is 0.834. The molecule has 0 aliphatic heterocycles. The van der Waals surface area contributed by atoms with E-state index in [9.17, 15) is 27.6 Å². The van der Waals surface area contributed by atoms with Crippen LogP contribution in [0.4, 0.5) is 13.2 Å². The zero-order chi connectivity index (χ0) is 18.9. The molecule has 1 aromatic carbocycles. The standard InChI is InChI=1S/C16H19F3N2O3S/c17-16(18,19)13(22)10-25-8-4-7-12(20)15(24)21-14(23)9-11-5-2-1-3-6-11/h1-3,5-6,12H,4,7-10,20H2,(H,21,23,24)/t12-/m0/s1. The Morgan fingerprint density at radius 1 is 1.16 bits per heavy atom. The Kier molecular flexibility index (Phi) is 8.64. The van der Waals surface area contributed by atoms with Crippen molar-refractivity contribution in [2.45, 2.75) is 31.5 Å². The zero-order valence-electron chi connectivity index (χ0n) is 13.3. The molecule has 0 unspecified atom stereocenters. The summed E-state index contributed by atoms with van der Waals surface area (Å²) in [7, 11) is 0. The van der Waals surface area contributed by atoms with E-state index in [1.54, 1.807) is 24.3 Å². The van der Waals surface area contributed by atoms with Gasteiger partial charge in [0.1, 0.15) is 0 Å². The normalized spacial score (nSPS) is 12.5. The van der Waals surface area contributed by atoms with Crippen LogP contribution in [0.25, 0.3) is 0 Å². The van der Waals surface area contributed by atoms with Gasteiger partial charge in [-0.1, -0.05) is 30.3 Å². The summed E-state index contributed by atoms with van der Waals surface area (Å²) in [5.74, 6) is -3.28. The Labute approximate surface area is 147 Å². The molecule has 0 aromatic heterocycles. The van der Waals surface area contributed by atoms with Crippen molar-refractivity contribution in [3.63, 3.8) is 0 Å². The lowest BCUT2D eigenvalue weighted by atomic mass is 10.1. The number of halogens is 3. The first kappa shape index (κ1) is 21.2. The predicted molar refractivity (Wildman–Crippen MR) is 88.9 cm³/mol. The number of amides is 2. The van der Waals surface area contributed by atoms with Crippen molar-refractivity contribution >= 4 is 29.4 Å². The van der Waals surface area contributed by atoms with E-state index in [-0.39, 0.29) is 18.6 Å². The first-order valence-corrected chi connectivity index (χ1v) is 8.66. The highest BCUT2D eigenvalue weighted by atomic mass is 32.2. The number of carbonyl (C=O) groups excluding carboxylic acids is 3. The number of nitrogens with one attached hydrogen (secondary N) is 1. The number of rotatable bonds is 9. The average molecular weight is 376 g/mol. The number of benzene rings is 1. The maximum atomic E-state index is 12.0. The third-order valence-corrected chi connectivity index (χ3v) is 4.20. The Balaban J connectivity index is 2.21. The smallest absolute Gasteiger partial charge is 0.320 e. The minimum Gasteiger partial charge on any atom is -0.320 e. The molecule has 138 valence electrons. The molecule has 9 heteroatoms. The van der Waals surface area contributed by atoms with Crippen LogP contribution in [0.5, 0.6) is 0 Å². The molecule has 1 rings (SSSR count). The summed E-state index contributed by atoms with van der Waals surface area (Å²) in [4.78, 5) is 34.2. The van der Waals surface area contributed by atoms with Crippen LogP contribution in [-0.2, 0) is 20.8 Å². The van der Waals surface area contributed by atoms with Gasteiger partial charge in [-0.15, -0.1) is 0 Å². The first-order valence-electron chi connectivity index (χ1n) is 7.51. The van der Waals surface area contributed by atoms with Crippen molar-refractivity contribution in [1.82, 2.24) is 5.32 Å². The highest BCUT2D eigenvalue weighted by Crippen LogP contribution is 2.19. The van der Waals surface area contributed by atoms with Gasteiger partial charge in [0.25, 0.3) is 0 Å². The second-order valence-corrected chi connectivity index (χ2v) is 6.40. The zero-order valence-corrected chi connectivity index (χ0v) is 14.2. The van der Waals surface area contributed by atoms with Crippen molar-refractivity contribution in [2.24, 2.45) is 5.73 Å². The first-order chi connectivity index (χ1) is 11.7. The molecule has 25 heavy (non-hydrogen) atoms. The topological polar surface area (TPSA) is 89.3 Å². The van der Waals surface area contributed by atoms with Crippen LogP contribution in [0.1, 0.15) is 18.4 Å². The van der Waals surface area contributed by atoms with E-state index in [0.717, 1.165) is 17.3 Å².